The van der Waals surface area contributed by atoms with E-state index in [1.807, 2.05) is 0 Å². The van der Waals surface area contributed by atoms with Crippen LogP contribution >= 0.6 is 49.6 Å². The molecular formula is HCl4I. The van der Waals surface area contributed by atoms with E-state index in [-0.39, 0.29) is 0 Å². The Labute approximate surface area is 49.1 Å². The molecule has 0 saturated carbocycles. The zero-order chi connectivity index (χ0) is 4.50. The van der Waals surface area contributed by atoms with Crippen molar-refractivity contribution in [1.82, 2.24) is 0 Å². The molecule has 0 aliphatic rings. The second-order valence-corrected chi connectivity index (χ2v) is 21.1. The van der Waals surface area contributed by atoms with E-state index in [1.165, 1.54) is 0 Å². The molecule has 0 bridgehead atoms. The van der Waals surface area contributed by atoms with Crippen LogP contribution in [0.5, 0.6) is 0 Å². The minimum atomic E-state index is -3.13. The van der Waals surface area contributed by atoms with Crippen LogP contribution in [0.2, 0.25) is 0 Å². The molecular weight excluding hydrogens is 269 g/mol. The van der Waals surface area contributed by atoms with E-state index in [9.17, 15) is 0 Å². The Morgan fingerprint density at radius 2 is 0.800 bits per heavy atom. The summed E-state index contributed by atoms with van der Waals surface area (Å²) >= 11 is -3.13. The number of hydrogen-bond donors (Lipinski definition) is 0. The molecule has 0 spiro atoms. The first-order chi connectivity index (χ1) is 2.00. The number of hydrogen-bond acceptors (Lipinski definition) is 0. The van der Waals surface area contributed by atoms with Gasteiger partial charge in [-0.05, 0) is 0 Å². The van der Waals surface area contributed by atoms with Gasteiger partial charge in [0.05, 0.1) is 0 Å². The molecule has 36 valence electrons. The van der Waals surface area contributed by atoms with Crippen molar-refractivity contribution in [3.63, 3.8) is 0 Å². The zero-order valence-corrected chi connectivity index (χ0v) is 7.27. The summed E-state index contributed by atoms with van der Waals surface area (Å²) in [4.78, 5) is 0. The van der Waals surface area contributed by atoms with Gasteiger partial charge in [0.25, 0.3) is 0 Å². The van der Waals surface area contributed by atoms with Crippen LogP contribution in [-0.4, -0.2) is 0 Å². The van der Waals surface area contributed by atoms with Gasteiger partial charge in [0.15, 0.2) is 0 Å². The summed E-state index contributed by atoms with van der Waals surface area (Å²) < 4.78 is 0. The molecule has 0 amide bonds. The standard InChI is InChI=1S/Cl4HI/c1-5(2,3)4/h5H. The minimum absolute atomic E-state index is 3.13. The van der Waals surface area contributed by atoms with Crippen LogP contribution in [0, 0.1) is 0 Å². The van der Waals surface area contributed by atoms with Crippen LogP contribution in [0.1, 0.15) is 0 Å². The Morgan fingerprint density at radius 3 is 0.800 bits per heavy atom. The predicted molar refractivity (Wildman–Crippen MR) is 38.8 cm³/mol. The quantitative estimate of drug-likeness (QED) is 0.592. The Hall–Kier alpha value is 1.89. The summed E-state index contributed by atoms with van der Waals surface area (Å²) in [6.07, 6.45) is 0. The van der Waals surface area contributed by atoms with Gasteiger partial charge in [0, 0.05) is 0 Å². The zero-order valence-electron chi connectivity index (χ0n) is 1.92. The van der Waals surface area contributed by atoms with E-state index in [0.29, 0.717) is 0 Å². The van der Waals surface area contributed by atoms with E-state index in [2.05, 4.69) is 0 Å². The van der Waals surface area contributed by atoms with Gasteiger partial charge in [0.2, 0.25) is 0 Å². The molecule has 0 saturated heterocycles. The summed E-state index contributed by atoms with van der Waals surface area (Å²) in [5.41, 5.74) is 0. The van der Waals surface area contributed by atoms with Gasteiger partial charge >= 0.3 is 49.6 Å². The molecule has 0 N–H and O–H groups in total. The van der Waals surface area contributed by atoms with Crippen molar-refractivity contribution >= 4 is 49.6 Å². The second kappa shape index (κ2) is 2.26. The molecule has 0 aliphatic heterocycles. The molecule has 0 rings (SSSR count). The fraction of sp³-hybridized carbons (Fsp3) is 0. The third kappa shape index (κ3) is 25.0. The summed E-state index contributed by atoms with van der Waals surface area (Å²) in [5, 5.41) is 0. The molecule has 0 radical (unpaired) electrons. The van der Waals surface area contributed by atoms with Crippen molar-refractivity contribution in [2.45, 2.75) is 0 Å². The normalized spacial score (nSPS) is 15.2. The van der Waals surface area contributed by atoms with Gasteiger partial charge in [-0.3, -0.25) is 0 Å². The topological polar surface area (TPSA) is 0 Å². The fourth-order valence-corrected chi connectivity index (χ4v) is 0. The van der Waals surface area contributed by atoms with Gasteiger partial charge < -0.3 is 0 Å². The van der Waals surface area contributed by atoms with E-state index in [0.717, 1.165) is 0 Å². The molecule has 0 heterocycles. The molecule has 0 atom stereocenters. The Bertz CT molecular complexity index is 19.1. The van der Waals surface area contributed by atoms with E-state index in [4.69, 9.17) is 35.6 Å². The monoisotopic (exact) mass is 268 g/mol. The van der Waals surface area contributed by atoms with E-state index >= 15 is 0 Å². The third-order valence-corrected chi connectivity index (χ3v) is 0. The summed E-state index contributed by atoms with van der Waals surface area (Å²) in [7, 11) is 20.1. The Morgan fingerprint density at radius 1 is 0.800 bits per heavy atom. The van der Waals surface area contributed by atoms with Gasteiger partial charge in [-0.25, -0.2) is 0 Å². The first-order valence-electron chi connectivity index (χ1n) is 0.617. The average molecular weight is 270 g/mol. The van der Waals surface area contributed by atoms with Crippen LogP contribution in [-0.2, 0) is 0 Å². The van der Waals surface area contributed by atoms with Crippen molar-refractivity contribution in [3.05, 3.63) is 0 Å². The maximum atomic E-state index is 5.02. The van der Waals surface area contributed by atoms with E-state index in [1.54, 1.807) is 0 Å². The molecule has 0 unspecified atom stereocenters. The molecule has 0 nitrogen and oxygen atoms in total. The molecule has 0 aromatic rings. The summed E-state index contributed by atoms with van der Waals surface area (Å²) in [6.45, 7) is 0. The SMILES string of the molecule is Cl[IH](Cl)(Cl)Cl. The first kappa shape index (κ1) is 6.89. The predicted octanol–water partition coefficient (Wildman–Crippen LogP) is 3.38. The molecule has 0 aromatic heterocycles. The van der Waals surface area contributed by atoms with Gasteiger partial charge in [0.1, 0.15) is 0 Å². The van der Waals surface area contributed by atoms with Crippen molar-refractivity contribution in [2.24, 2.45) is 0 Å². The summed E-state index contributed by atoms with van der Waals surface area (Å²) in [5.74, 6) is 0. The summed E-state index contributed by atoms with van der Waals surface area (Å²) in [6, 6.07) is 0. The fourth-order valence-electron chi connectivity index (χ4n) is 0. The second-order valence-electron chi connectivity index (χ2n) is 0.350. The molecule has 5 heavy (non-hydrogen) atoms. The molecule has 0 aliphatic carbocycles. The van der Waals surface area contributed by atoms with Crippen molar-refractivity contribution in [2.75, 3.05) is 0 Å². The van der Waals surface area contributed by atoms with Crippen LogP contribution in [0.25, 0.3) is 0 Å². The number of halogens is 5. The van der Waals surface area contributed by atoms with Gasteiger partial charge in [-0.15, -0.1) is 0 Å². The van der Waals surface area contributed by atoms with Crippen molar-refractivity contribution in [3.8, 4) is 0 Å². The molecule has 0 aromatic carbocycles. The number of rotatable bonds is 0. The van der Waals surface area contributed by atoms with E-state index < -0.39 is 13.9 Å². The van der Waals surface area contributed by atoms with Crippen molar-refractivity contribution in [1.29, 1.82) is 0 Å². The Kier molecular flexibility index (Phi) is 3.12. The van der Waals surface area contributed by atoms with Crippen molar-refractivity contribution < 1.29 is 0 Å². The Balaban J connectivity index is 3.02. The van der Waals surface area contributed by atoms with Crippen LogP contribution in [0.15, 0.2) is 0 Å². The van der Waals surface area contributed by atoms with Crippen LogP contribution < -0.4 is 0 Å². The molecule has 0 fully saturated rings. The van der Waals surface area contributed by atoms with Crippen LogP contribution in [0.4, 0.5) is 0 Å². The molecule has 5 heteroatoms. The third-order valence-electron chi connectivity index (χ3n) is 0. The first-order valence-corrected chi connectivity index (χ1v) is 12.4. The average Bonchev–Trinajstić information content (AvgIpc) is 0.722. The maximum absolute atomic E-state index is 5.02. The van der Waals surface area contributed by atoms with Crippen LogP contribution in [0.3, 0.4) is 0 Å². The van der Waals surface area contributed by atoms with Gasteiger partial charge in [-0.2, -0.15) is 0 Å². The van der Waals surface area contributed by atoms with Gasteiger partial charge in [-0.1, -0.05) is 0 Å².